The van der Waals surface area contributed by atoms with E-state index in [1.807, 2.05) is 0 Å². The maximum atomic E-state index is 10.9. The number of ether oxygens (including phenoxy) is 1. The number of pyridine rings is 2. The molecular weight excluding hydrogens is 236 g/mol. The molecule has 2 N–H and O–H groups in total. The summed E-state index contributed by atoms with van der Waals surface area (Å²) in [6.45, 7) is 1.71. The molecule has 0 aliphatic carbocycles. The van der Waals surface area contributed by atoms with E-state index in [0.717, 1.165) is 0 Å². The normalized spacial score (nSPS) is 10.1. The summed E-state index contributed by atoms with van der Waals surface area (Å²) in [5, 5.41) is 10.9. The predicted octanol–water partition coefficient (Wildman–Crippen LogP) is 2.07. The minimum Gasteiger partial charge on any atom is -0.415 e. The summed E-state index contributed by atoms with van der Waals surface area (Å²) in [5.41, 5.74) is 6.44. The Kier molecular flexibility index (Phi) is 3.05. The van der Waals surface area contributed by atoms with E-state index in [0.29, 0.717) is 11.3 Å². The molecule has 0 spiro atoms. The van der Waals surface area contributed by atoms with Crippen LogP contribution in [0.2, 0.25) is 0 Å². The lowest BCUT2D eigenvalue weighted by Gasteiger charge is -2.04. The van der Waals surface area contributed by atoms with Gasteiger partial charge in [0.25, 0.3) is 0 Å². The fourth-order valence-electron chi connectivity index (χ4n) is 1.30. The van der Waals surface area contributed by atoms with Crippen LogP contribution in [0.1, 0.15) is 5.56 Å². The number of nitro groups is 1. The van der Waals surface area contributed by atoms with Gasteiger partial charge in [0.1, 0.15) is 0 Å². The molecule has 0 saturated heterocycles. The zero-order chi connectivity index (χ0) is 13.1. The van der Waals surface area contributed by atoms with Gasteiger partial charge < -0.3 is 10.5 Å². The fraction of sp³-hybridized carbons (Fsp3) is 0.0909. The van der Waals surface area contributed by atoms with Crippen molar-refractivity contribution in [1.29, 1.82) is 0 Å². The van der Waals surface area contributed by atoms with E-state index in [2.05, 4.69) is 9.97 Å². The minimum atomic E-state index is -0.549. The second kappa shape index (κ2) is 4.66. The highest BCUT2D eigenvalue weighted by Crippen LogP contribution is 2.28. The Morgan fingerprint density at radius 3 is 2.72 bits per heavy atom. The smallest absolute Gasteiger partial charge is 0.331 e. The molecule has 0 fully saturated rings. The summed E-state index contributed by atoms with van der Waals surface area (Å²) >= 11 is 0. The van der Waals surface area contributed by atoms with Crippen LogP contribution >= 0.6 is 0 Å². The van der Waals surface area contributed by atoms with E-state index < -0.39 is 4.92 Å². The van der Waals surface area contributed by atoms with Crippen molar-refractivity contribution in [3.63, 3.8) is 0 Å². The standard InChI is InChI=1S/C11H10N4O3/c1-7-4-9(15(16)17)11(14-5-7)18-10-3-2-8(12)6-13-10/h2-6H,12H2,1H3. The number of nitrogens with zero attached hydrogens (tertiary/aromatic N) is 3. The first kappa shape index (κ1) is 11.8. The van der Waals surface area contributed by atoms with Crippen molar-refractivity contribution in [2.24, 2.45) is 0 Å². The molecule has 0 amide bonds. The van der Waals surface area contributed by atoms with Crippen LogP contribution in [-0.2, 0) is 0 Å². The lowest BCUT2D eigenvalue weighted by molar-refractivity contribution is -0.386. The van der Waals surface area contributed by atoms with Crippen molar-refractivity contribution in [3.8, 4) is 11.8 Å². The van der Waals surface area contributed by atoms with Gasteiger partial charge in [0.2, 0.25) is 5.88 Å². The average molecular weight is 246 g/mol. The average Bonchev–Trinajstić information content (AvgIpc) is 2.34. The molecule has 0 bridgehead atoms. The molecule has 0 radical (unpaired) electrons. The van der Waals surface area contributed by atoms with Gasteiger partial charge in [-0.2, -0.15) is 0 Å². The minimum absolute atomic E-state index is 0.0946. The van der Waals surface area contributed by atoms with Crippen molar-refractivity contribution in [3.05, 3.63) is 46.3 Å². The van der Waals surface area contributed by atoms with Crippen LogP contribution in [-0.4, -0.2) is 14.9 Å². The maximum absolute atomic E-state index is 10.9. The molecule has 18 heavy (non-hydrogen) atoms. The maximum Gasteiger partial charge on any atom is 0.331 e. The number of aromatic nitrogens is 2. The Labute approximate surface area is 102 Å². The molecule has 2 aromatic rings. The van der Waals surface area contributed by atoms with E-state index in [4.69, 9.17) is 10.5 Å². The van der Waals surface area contributed by atoms with Crippen LogP contribution in [0, 0.1) is 17.0 Å². The molecule has 0 saturated carbocycles. The summed E-state index contributed by atoms with van der Waals surface area (Å²) in [5.74, 6) is 0.103. The predicted molar refractivity (Wildman–Crippen MR) is 64.4 cm³/mol. The summed E-state index contributed by atoms with van der Waals surface area (Å²) in [7, 11) is 0. The molecule has 2 aromatic heterocycles. The van der Waals surface area contributed by atoms with Gasteiger partial charge in [-0.3, -0.25) is 10.1 Å². The van der Waals surface area contributed by atoms with Crippen LogP contribution in [0.4, 0.5) is 11.4 Å². The molecule has 7 nitrogen and oxygen atoms in total. The first-order chi connectivity index (χ1) is 8.56. The summed E-state index contributed by atoms with van der Waals surface area (Å²) in [4.78, 5) is 18.1. The van der Waals surface area contributed by atoms with Gasteiger partial charge in [0.15, 0.2) is 0 Å². The lowest BCUT2D eigenvalue weighted by atomic mass is 10.3. The summed E-state index contributed by atoms with van der Waals surface area (Å²) in [6, 6.07) is 4.49. The van der Waals surface area contributed by atoms with E-state index in [9.17, 15) is 10.1 Å². The topological polar surface area (TPSA) is 104 Å². The van der Waals surface area contributed by atoms with Gasteiger partial charge >= 0.3 is 11.6 Å². The number of nitrogen functional groups attached to an aromatic ring is 1. The van der Waals surface area contributed by atoms with Gasteiger partial charge in [0, 0.05) is 18.3 Å². The van der Waals surface area contributed by atoms with Gasteiger partial charge in [0.05, 0.1) is 16.8 Å². The molecular formula is C11H10N4O3. The van der Waals surface area contributed by atoms with Crippen molar-refractivity contribution in [2.75, 3.05) is 5.73 Å². The van der Waals surface area contributed by atoms with E-state index in [1.165, 1.54) is 24.5 Å². The molecule has 0 aliphatic rings. The van der Waals surface area contributed by atoms with Crippen molar-refractivity contribution >= 4 is 11.4 Å². The third kappa shape index (κ3) is 2.51. The molecule has 0 unspecified atom stereocenters. The number of hydrogen-bond acceptors (Lipinski definition) is 6. The largest absolute Gasteiger partial charge is 0.415 e. The third-order valence-electron chi connectivity index (χ3n) is 2.13. The highest BCUT2D eigenvalue weighted by Gasteiger charge is 2.18. The quantitative estimate of drug-likeness (QED) is 0.656. The highest BCUT2D eigenvalue weighted by atomic mass is 16.6. The molecule has 0 atom stereocenters. The monoisotopic (exact) mass is 246 g/mol. The molecule has 0 aromatic carbocycles. The highest BCUT2D eigenvalue weighted by molar-refractivity contribution is 5.45. The van der Waals surface area contributed by atoms with E-state index >= 15 is 0 Å². The zero-order valence-corrected chi connectivity index (χ0v) is 9.53. The zero-order valence-electron chi connectivity index (χ0n) is 9.53. The van der Waals surface area contributed by atoms with Gasteiger partial charge in [-0.15, -0.1) is 0 Å². The Balaban J connectivity index is 2.34. The van der Waals surface area contributed by atoms with E-state index in [-0.39, 0.29) is 17.4 Å². The number of rotatable bonds is 3. The third-order valence-corrected chi connectivity index (χ3v) is 2.13. The Morgan fingerprint density at radius 1 is 1.33 bits per heavy atom. The Morgan fingerprint density at radius 2 is 2.11 bits per heavy atom. The first-order valence-electron chi connectivity index (χ1n) is 5.06. The van der Waals surface area contributed by atoms with Crippen molar-refractivity contribution in [1.82, 2.24) is 9.97 Å². The number of anilines is 1. The second-order valence-corrected chi connectivity index (χ2v) is 3.63. The van der Waals surface area contributed by atoms with E-state index in [1.54, 1.807) is 13.0 Å². The summed E-state index contributed by atoms with van der Waals surface area (Å²) < 4.78 is 5.26. The van der Waals surface area contributed by atoms with Gasteiger partial charge in [-0.05, 0) is 18.6 Å². The first-order valence-corrected chi connectivity index (χ1v) is 5.06. The van der Waals surface area contributed by atoms with Crippen molar-refractivity contribution in [2.45, 2.75) is 6.92 Å². The SMILES string of the molecule is Cc1cnc(Oc2ccc(N)cn2)c([N+](=O)[O-])c1. The van der Waals surface area contributed by atoms with Crippen molar-refractivity contribution < 1.29 is 9.66 Å². The Hall–Kier alpha value is -2.70. The van der Waals surface area contributed by atoms with Crippen LogP contribution in [0.5, 0.6) is 11.8 Å². The number of hydrogen-bond donors (Lipinski definition) is 1. The lowest BCUT2D eigenvalue weighted by Crippen LogP contribution is -1.98. The van der Waals surface area contributed by atoms with Crippen LogP contribution in [0.25, 0.3) is 0 Å². The fourth-order valence-corrected chi connectivity index (χ4v) is 1.30. The van der Waals surface area contributed by atoms with Crippen LogP contribution in [0.15, 0.2) is 30.6 Å². The molecule has 92 valence electrons. The number of aryl methyl sites for hydroxylation is 1. The molecule has 7 heteroatoms. The summed E-state index contributed by atoms with van der Waals surface area (Å²) in [6.07, 6.45) is 2.88. The van der Waals surface area contributed by atoms with Crippen LogP contribution < -0.4 is 10.5 Å². The van der Waals surface area contributed by atoms with Gasteiger partial charge in [-0.25, -0.2) is 9.97 Å². The number of nitrogens with two attached hydrogens (primary N) is 1. The second-order valence-electron chi connectivity index (χ2n) is 3.63. The molecule has 2 rings (SSSR count). The Bertz CT molecular complexity index is 583. The van der Waals surface area contributed by atoms with Gasteiger partial charge in [-0.1, -0.05) is 0 Å². The molecule has 0 aliphatic heterocycles. The molecule has 2 heterocycles. The van der Waals surface area contributed by atoms with Crippen LogP contribution in [0.3, 0.4) is 0 Å².